The molecule has 0 spiro atoms. The molecule has 2 aromatic rings. The van der Waals surface area contributed by atoms with E-state index in [9.17, 15) is 9.18 Å². The third-order valence-corrected chi connectivity index (χ3v) is 4.82. The Bertz CT molecular complexity index is 639. The number of alkyl halides is 1. The van der Waals surface area contributed by atoms with Gasteiger partial charge in [-0.25, -0.2) is 4.39 Å². The quantitative estimate of drug-likeness (QED) is 0.833. The van der Waals surface area contributed by atoms with Crippen molar-refractivity contribution >= 4 is 17.2 Å². The van der Waals surface area contributed by atoms with E-state index in [4.69, 9.17) is 4.74 Å². The van der Waals surface area contributed by atoms with Gasteiger partial charge in [0.05, 0.1) is 6.20 Å². The topological polar surface area (TPSA) is 54.5 Å². The lowest BCUT2D eigenvalue weighted by molar-refractivity contribution is -0.123. The Labute approximate surface area is 144 Å². The monoisotopic (exact) mass is 349 g/mol. The lowest BCUT2D eigenvalue weighted by atomic mass is 10.2. The highest BCUT2D eigenvalue weighted by molar-refractivity contribution is 7.09. The molecule has 0 unspecified atom stereocenters. The van der Waals surface area contributed by atoms with Crippen LogP contribution in [0.5, 0.6) is 5.75 Å². The number of pyridine rings is 1. The minimum atomic E-state index is -0.835. The van der Waals surface area contributed by atoms with Crippen molar-refractivity contribution in [3.8, 4) is 5.75 Å². The van der Waals surface area contributed by atoms with Gasteiger partial charge in [0, 0.05) is 36.8 Å². The van der Waals surface area contributed by atoms with E-state index >= 15 is 0 Å². The third-order valence-electron chi connectivity index (χ3n) is 3.96. The van der Waals surface area contributed by atoms with Crippen LogP contribution in [-0.2, 0) is 11.3 Å². The first-order valence-corrected chi connectivity index (χ1v) is 8.78. The molecule has 0 saturated carbocycles. The molecule has 24 heavy (non-hydrogen) atoms. The van der Waals surface area contributed by atoms with Crippen molar-refractivity contribution < 1.29 is 13.9 Å². The van der Waals surface area contributed by atoms with Crippen molar-refractivity contribution in [3.63, 3.8) is 0 Å². The van der Waals surface area contributed by atoms with Gasteiger partial charge in [-0.1, -0.05) is 6.07 Å². The number of nitrogens with one attached hydrogen (secondary N) is 1. The fourth-order valence-electron chi connectivity index (χ4n) is 2.80. The van der Waals surface area contributed by atoms with Crippen LogP contribution in [0.2, 0.25) is 0 Å². The number of rotatable bonds is 7. The van der Waals surface area contributed by atoms with Crippen LogP contribution in [0, 0.1) is 0 Å². The molecule has 0 aliphatic carbocycles. The van der Waals surface area contributed by atoms with Gasteiger partial charge in [-0.2, -0.15) is 0 Å². The van der Waals surface area contributed by atoms with E-state index in [0.29, 0.717) is 25.3 Å². The Morgan fingerprint density at radius 2 is 2.38 bits per heavy atom. The van der Waals surface area contributed by atoms with Crippen LogP contribution in [-0.4, -0.2) is 47.7 Å². The number of nitrogens with zero attached hydrogens (tertiary/aromatic N) is 2. The number of likely N-dealkylation sites (tertiary alicyclic amines) is 1. The standard InChI is InChI=1S/C17H20FN3O2S/c18-13-7-14(21(10-13)11-16-4-2-6-24-16)8-20-17(22)12-23-15-3-1-5-19-9-15/h1-6,9,13-14H,7-8,10-12H2,(H,20,22)/t13-,14-/m0/s1. The van der Waals surface area contributed by atoms with Gasteiger partial charge in [0.15, 0.2) is 6.61 Å². The molecule has 0 radical (unpaired) electrons. The number of carbonyl (C=O) groups is 1. The maximum Gasteiger partial charge on any atom is 0.257 e. The molecule has 1 amide bonds. The van der Waals surface area contributed by atoms with E-state index < -0.39 is 6.17 Å². The molecule has 3 rings (SSSR count). The average Bonchev–Trinajstić information content (AvgIpc) is 3.22. The van der Waals surface area contributed by atoms with Crippen LogP contribution in [0.25, 0.3) is 0 Å². The second kappa shape index (κ2) is 8.21. The smallest absolute Gasteiger partial charge is 0.257 e. The highest BCUT2D eigenvalue weighted by Gasteiger charge is 2.32. The summed E-state index contributed by atoms with van der Waals surface area (Å²) >= 11 is 1.67. The number of halogens is 1. The van der Waals surface area contributed by atoms with Gasteiger partial charge >= 0.3 is 0 Å². The molecule has 0 bridgehead atoms. The van der Waals surface area contributed by atoms with E-state index in [-0.39, 0.29) is 18.6 Å². The molecule has 2 aromatic heterocycles. The first kappa shape index (κ1) is 16.9. The third kappa shape index (κ3) is 4.75. The fourth-order valence-corrected chi connectivity index (χ4v) is 3.52. The predicted molar refractivity (Wildman–Crippen MR) is 90.8 cm³/mol. The summed E-state index contributed by atoms with van der Waals surface area (Å²) in [6.45, 7) is 1.51. The zero-order valence-corrected chi connectivity index (χ0v) is 14.0. The van der Waals surface area contributed by atoms with E-state index in [1.54, 1.807) is 35.9 Å². The minimum Gasteiger partial charge on any atom is -0.482 e. The summed E-state index contributed by atoms with van der Waals surface area (Å²) in [4.78, 5) is 19.1. The second-order valence-electron chi connectivity index (χ2n) is 5.78. The maximum absolute atomic E-state index is 13.8. The molecule has 7 heteroatoms. The number of hydrogen-bond acceptors (Lipinski definition) is 5. The molecule has 2 atom stereocenters. The molecular formula is C17H20FN3O2S. The lowest BCUT2D eigenvalue weighted by Gasteiger charge is -2.23. The summed E-state index contributed by atoms with van der Waals surface area (Å²) in [5, 5.41) is 4.85. The summed E-state index contributed by atoms with van der Waals surface area (Å²) < 4.78 is 19.1. The van der Waals surface area contributed by atoms with Crippen molar-refractivity contribution in [1.82, 2.24) is 15.2 Å². The zero-order chi connectivity index (χ0) is 16.8. The highest BCUT2D eigenvalue weighted by atomic mass is 32.1. The zero-order valence-electron chi connectivity index (χ0n) is 13.2. The number of aromatic nitrogens is 1. The van der Waals surface area contributed by atoms with Gasteiger partial charge in [0.25, 0.3) is 5.91 Å². The van der Waals surface area contributed by atoms with Crippen LogP contribution < -0.4 is 10.1 Å². The summed E-state index contributed by atoms with van der Waals surface area (Å²) in [5.41, 5.74) is 0. The van der Waals surface area contributed by atoms with Gasteiger partial charge in [0.2, 0.25) is 0 Å². The van der Waals surface area contributed by atoms with Crippen molar-refractivity contribution in [2.45, 2.75) is 25.2 Å². The second-order valence-corrected chi connectivity index (χ2v) is 6.81. The van der Waals surface area contributed by atoms with Crippen molar-refractivity contribution in [3.05, 3.63) is 46.9 Å². The molecule has 1 aliphatic rings. The van der Waals surface area contributed by atoms with Crippen LogP contribution in [0.15, 0.2) is 42.0 Å². The minimum absolute atomic E-state index is 0.0180. The van der Waals surface area contributed by atoms with Gasteiger partial charge < -0.3 is 10.1 Å². The van der Waals surface area contributed by atoms with Gasteiger partial charge in [-0.3, -0.25) is 14.7 Å². The SMILES string of the molecule is O=C(COc1cccnc1)NC[C@@H]1C[C@H](F)CN1Cc1cccs1. The fraction of sp³-hybridized carbons (Fsp3) is 0.412. The Hall–Kier alpha value is -1.99. The number of hydrogen-bond donors (Lipinski definition) is 1. The van der Waals surface area contributed by atoms with Crippen LogP contribution in [0.3, 0.4) is 0 Å². The van der Waals surface area contributed by atoms with Crippen LogP contribution in [0.4, 0.5) is 4.39 Å². The molecule has 1 N–H and O–H groups in total. The largest absolute Gasteiger partial charge is 0.482 e. The van der Waals surface area contributed by atoms with E-state index in [0.717, 1.165) is 6.54 Å². The van der Waals surface area contributed by atoms with Crippen LogP contribution in [0.1, 0.15) is 11.3 Å². The molecule has 5 nitrogen and oxygen atoms in total. The Morgan fingerprint density at radius 3 is 3.12 bits per heavy atom. The molecule has 0 aromatic carbocycles. The van der Waals surface area contributed by atoms with Crippen molar-refractivity contribution in [2.75, 3.05) is 19.7 Å². The number of thiophene rings is 1. The number of amides is 1. The number of ether oxygens (including phenoxy) is 1. The first-order chi connectivity index (χ1) is 11.7. The molecule has 1 aliphatic heterocycles. The Kier molecular flexibility index (Phi) is 5.77. The van der Waals surface area contributed by atoms with Crippen molar-refractivity contribution in [2.24, 2.45) is 0 Å². The Morgan fingerprint density at radius 1 is 1.46 bits per heavy atom. The Balaban J connectivity index is 1.44. The predicted octanol–water partition coefficient (Wildman–Crippen LogP) is 2.25. The first-order valence-electron chi connectivity index (χ1n) is 7.91. The maximum atomic E-state index is 13.8. The lowest BCUT2D eigenvalue weighted by Crippen LogP contribution is -2.41. The van der Waals surface area contributed by atoms with Gasteiger partial charge in [-0.15, -0.1) is 11.3 Å². The van der Waals surface area contributed by atoms with E-state index in [2.05, 4.69) is 15.2 Å². The van der Waals surface area contributed by atoms with E-state index in [1.165, 1.54) is 4.88 Å². The summed E-state index contributed by atoms with van der Waals surface area (Å²) in [6, 6.07) is 7.55. The molecule has 1 saturated heterocycles. The van der Waals surface area contributed by atoms with Gasteiger partial charge in [0.1, 0.15) is 11.9 Å². The number of carbonyl (C=O) groups excluding carboxylic acids is 1. The normalized spacial score (nSPS) is 20.9. The molecular weight excluding hydrogens is 329 g/mol. The molecule has 1 fully saturated rings. The molecule has 128 valence electrons. The van der Waals surface area contributed by atoms with E-state index in [1.807, 2.05) is 17.5 Å². The summed E-state index contributed by atoms with van der Waals surface area (Å²) in [7, 11) is 0. The summed E-state index contributed by atoms with van der Waals surface area (Å²) in [6.07, 6.45) is 2.82. The van der Waals surface area contributed by atoms with Gasteiger partial charge in [-0.05, 0) is 30.0 Å². The van der Waals surface area contributed by atoms with Crippen LogP contribution >= 0.6 is 11.3 Å². The van der Waals surface area contributed by atoms with Crippen molar-refractivity contribution in [1.29, 1.82) is 0 Å². The molecule has 3 heterocycles. The average molecular weight is 349 g/mol. The highest BCUT2D eigenvalue weighted by Crippen LogP contribution is 2.23. The summed E-state index contributed by atoms with van der Waals surface area (Å²) in [5.74, 6) is 0.342.